The molecule has 0 N–H and O–H groups in total. The van der Waals surface area contributed by atoms with E-state index in [1.54, 1.807) is 45.7 Å². The lowest BCUT2D eigenvalue weighted by atomic mass is 10.0. The highest BCUT2D eigenvalue weighted by molar-refractivity contribution is 5.82. The van der Waals surface area contributed by atoms with E-state index in [-0.39, 0.29) is 0 Å². The first-order chi connectivity index (χ1) is 9.73. The van der Waals surface area contributed by atoms with E-state index in [1.165, 1.54) is 6.20 Å². The van der Waals surface area contributed by atoms with Crippen molar-refractivity contribution in [3.05, 3.63) is 36.2 Å². The Labute approximate surface area is 117 Å². The summed E-state index contributed by atoms with van der Waals surface area (Å²) in [5.74, 6) is 1.80. The van der Waals surface area contributed by atoms with Crippen LogP contribution in [0.25, 0.3) is 11.1 Å². The van der Waals surface area contributed by atoms with Gasteiger partial charge >= 0.3 is 0 Å². The maximum Gasteiger partial charge on any atom is 0.151 e. The number of benzene rings is 1. The van der Waals surface area contributed by atoms with E-state index < -0.39 is 0 Å². The summed E-state index contributed by atoms with van der Waals surface area (Å²) in [6.07, 6.45) is 3.90. The Morgan fingerprint density at radius 1 is 0.950 bits per heavy atom. The summed E-state index contributed by atoms with van der Waals surface area (Å²) >= 11 is 0. The molecule has 0 aliphatic rings. The van der Waals surface area contributed by atoms with Crippen molar-refractivity contribution in [2.24, 2.45) is 0 Å². The van der Waals surface area contributed by atoms with Crippen LogP contribution < -0.4 is 14.2 Å². The highest BCUT2D eigenvalue weighted by Gasteiger charge is 2.15. The molecule has 0 spiro atoms. The quantitative estimate of drug-likeness (QED) is 0.784. The van der Waals surface area contributed by atoms with Gasteiger partial charge in [0.2, 0.25) is 0 Å². The molecule has 2 rings (SSSR count). The lowest BCUT2D eigenvalue weighted by Gasteiger charge is -2.15. The number of hydrogen-bond acceptors (Lipinski definition) is 5. The SMILES string of the molecule is COc1cc(OC)c(-c2cncc(C=O)c2)c(OC)c1. The summed E-state index contributed by atoms with van der Waals surface area (Å²) in [7, 11) is 4.70. The number of methoxy groups -OCH3 is 3. The van der Waals surface area contributed by atoms with Crippen molar-refractivity contribution in [3.63, 3.8) is 0 Å². The van der Waals surface area contributed by atoms with Gasteiger partial charge in [-0.3, -0.25) is 9.78 Å². The molecule has 0 saturated carbocycles. The van der Waals surface area contributed by atoms with Crippen LogP contribution in [-0.2, 0) is 0 Å². The minimum atomic E-state index is 0.488. The minimum Gasteiger partial charge on any atom is -0.496 e. The summed E-state index contributed by atoms with van der Waals surface area (Å²) in [6, 6.07) is 5.24. The third kappa shape index (κ3) is 2.56. The number of rotatable bonds is 5. The van der Waals surface area contributed by atoms with Crippen LogP contribution in [0.2, 0.25) is 0 Å². The van der Waals surface area contributed by atoms with Crippen molar-refractivity contribution >= 4 is 6.29 Å². The average molecular weight is 273 g/mol. The lowest BCUT2D eigenvalue weighted by Crippen LogP contribution is -1.96. The molecule has 0 fully saturated rings. The van der Waals surface area contributed by atoms with Crippen molar-refractivity contribution in [2.75, 3.05) is 21.3 Å². The largest absolute Gasteiger partial charge is 0.496 e. The Kier molecular flexibility index (Phi) is 4.20. The molecule has 0 bridgehead atoms. The Morgan fingerprint density at radius 3 is 2.10 bits per heavy atom. The first-order valence-corrected chi connectivity index (χ1v) is 5.94. The predicted octanol–water partition coefficient (Wildman–Crippen LogP) is 2.59. The zero-order chi connectivity index (χ0) is 14.5. The molecule has 2 aromatic rings. The summed E-state index contributed by atoms with van der Waals surface area (Å²) in [6.45, 7) is 0. The number of ether oxygens (including phenoxy) is 3. The normalized spacial score (nSPS) is 9.95. The maximum absolute atomic E-state index is 10.9. The van der Waals surface area contributed by atoms with Crippen LogP contribution in [0.1, 0.15) is 10.4 Å². The summed E-state index contributed by atoms with van der Waals surface area (Å²) in [5, 5.41) is 0. The second kappa shape index (κ2) is 6.06. The Balaban J connectivity index is 2.67. The van der Waals surface area contributed by atoms with Gasteiger partial charge < -0.3 is 14.2 Å². The van der Waals surface area contributed by atoms with Crippen LogP contribution in [0.15, 0.2) is 30.6 Å². The van der Waals surface area contributed by atoms with Crippen molar-refractivity contribution < 1.29 is 19.0 Å². The molecule has 0 amide bonds. The predicted molar refractivity (Wildman–Crippen MR) is 74.7 cm³/mol. The van der Waals surface area contributed by atoms with Gasteiger partial charge in [0.1, 0.15) is 17.2 Å². The topological polar surface area (TPSA) is 57.7 Å². The number of carbonyl (C=O) groups excluding carboxylic acids is 1. The third-order valence-electron chi connectivity index (χ3n) is 2.90. The lowest BCUT2D eigenvalue weighted by molar-refractivity contribution is 0.112. The molecule has 5 nitrogen and oxygen atoms in total. The second-order valence-corrected chi connectivity index (χ2v) is 4.03. The number of aromatic nitrogens is 1. The van der Waals surface area contributed by atoms with Gasteiger partial charge in [0.25, 0.3) is 0 Å². The van der Waals surface area contributed by atoms with E-state index in [2.05, 4.69) is 4.98 Å². The maximum atomic E-state index is 10.9. The van der Waals surface area contributed by atoms with Crippen LogP contribution in [0, 0.1) is 0 Å². The number of nitrogens with zero attached hydrogens (tertiary/aromatic N) is 1. The minimum absolute atomic E-state index is 0.488. The van der Waals surface area contributed by atoms with Crippen molar-refractivity contribution in [2.45, 2.75) is 0 Å². The highest BCUT2D eigenvalue weighted by atomic mass is 16.5. The van der Waals surface area contributed by atoms with Crippen LogP contribution in [0.5, 0.6) is 17.2 Å². The standard InChI is InChI=1S/C15H15NO4/c1-18-12-5-13(19-2)15(14(6-12)20-3)11-4-10(9-17)7-16-8-11/h4-9H,1-3H3. The van der Waals surface area contributed by atoms with Crippen LogP contribution in [0.3, 0.4) is 0 Å². The van der Waals surface area contributed by atoms with E-state index in [0.717, 1.165) is 17.4 Å². The molecule has 5 heteroatoms. The number of pyridine rings is 1. The Bertz CT molecular complexity index is 600. The molecule has 104 valence electrons. The summed E-state index contributed by atoms with van der Waals surface area (Å²) in [4.78, 5) is 14.9. The van der Waals surface area contributed by atoms with E-state index >= 15 is 0 Å². The molecule has 0 radical (unpaired) electrons. The van der Waals surface area contributed by atoms with Gasteiger partial charge in [0.15, 0.2) is 6.29 Å². The van der Waals surface area contributed by atoms with Crippen LogP contribution >= 0.6 is 0 Å². The molecule has 1 aromatic heterocycles. The second-order valence-electron chi connectivity index (χ2n) is 4.03. The van der Waals surface area contributed by atoms with E-state index in [0.29, 0.717) is 22.8 Å². The van der Waals surface area contributed by atoms with E-state index in [1.807, 2.05) is 0 Å². The first-order valence-electron chi connectivity index (χ1n) is 5.94. The molecular weight excluding hydrogens is 258 g/mol. The zero-order valence-corrected chi connectivity index (χ0v) is 11.5. The number of hydrogen-bond donors (Lipinski definition) is 0. The number of aldehydes is 1. The molecular formula is C15H15NO4. The van der Waals surface area contributed by atoms with Gasteiger partial charge in [-0.2, -0.15) is 0 Å². The van der Waals surface area contributed by atoms with Crippen LogP contribution in [-0.4, -0.2) is 32.6 Å². The van der Waals surface area contributed by atoms with Crippen molar-refractivity contribution in [1.29, 1.82) is 0 Å². The fourth-order valence-corrected chi connectivity index (χ4v) is 1.95. The monoisotopic (exact) mass is 273 g/mol. The molecule has 0 aliphatic heterocycles. The smallest absolute Gasteiger partial charge is 0.151 e. The van der Waals surface area contributed by atoms with Crippen molar-refractivity contribution in [3.8, 4) is 28.4 Å². The molecule has 0 aliphatic carbocycles. The third-order valence-corrected chi connectivity index (χ3v) is 2.90. The number of carbonyl (C=O) groups is 1. The van der Waals surface area contributed by atoms with Gasteiger partial charge in [-0.15, -0.1) is 0 Å². The van der Waals surface area contributed by atoms with Gasteiger partial charge in [-0.05, 0) is 6.07 Å². The molecule has 1 aromatic carbocycles. The van der Waals surface area contributed by atoms with Gasteiger partial charge in [0.05, 0.1) is 26.9 Å². The Morgan fingerprint density at radius 2 is 1.60 bits per heavy atom. The van der Waals surface area contributed by atoms with Gasteiger partial charge in [0, 0.05) is 35.7 Å². The average Bonchev–Trinajstić information content (AvgIpc) is 2.53. The molecule has 0 saturated heterocycles. The van der Waals surface area contributed by atoms with E-state index in [4.69, 9.17) is 14.2 Å². The van der Waals surface area contributed by atoms with Crippen LogP contribution in [0.4, 0.5) is 0 Å². The highest BCUT2D eigenvalue weighted by Crippen LogP contribution is 2.41. The zero-order valence-electron chi connectivity index (χ0n) is 11.5. The van der Waals surface area contributed by atoms with Crippen molar-refractivity contribution in [1.82, 2.24) is 4.98 Å². The first kappa shape index (κ1) is 13.9. The Hall–Kier alpha value is -2.56. The molecule has 1 heterocycles. The molecule has 0 atom stereocenters. The summed E-state index contributed by atoms with van der Waals surface area (Å²) < 4.78 is 16.0. The molecule has 20 heavy (non-hydrogen) atoms. The van der Waals surface area contributed by atoms with Gasteiger partial charge in [-0.25, -0.2) is 0 Å². The fourth-order valence-electron chi connectivity index (χ4n) is 1.95. The molecule has 0 unspecified atom stereocenters. The fraction of sp³-hybridized carbons (Fsp3) is 0.200. The van der Waals surface area contributed by atoms with Gasteiger partial charge in [-0.1, -0.05) is 0 Å². The summed E-state index contributed by atoms with van der Waals surface area (Å²) in [5.41, 5.74) is 1.96. The van der Waals surface area contributed by atoms with E-state index in [9.17, 15) is 4.79 Å².